The van der Waals surface area contributed by atoms with Gasteiger partial charge in [0, 0.05) is 32.8 Å². The van der Waals surface area contributed by atoms with Gasteiger partial charge in [0.15, 0.2) is 0 Å². The van der Waals surface area contributed by atoms with Gasteiger partial charge >= 0.3 is 0 Å². The van der Waals surface area contributed by atoms with Crippen LogP contribution in [0.25, 0.3) is 32.6 Å². The molecule has 2 heterocycles. The highest BCUT2D eigenvalue weighted by molar-refractivity contribution is 6.25. The van der Waals surface area contributed by atoms with Gasteiger partial charge in [0.2, 0.25) is 0 Å². The van der Waals surface area contributed by atoms with Gasteiger partial charge in [-0.3, -0.25) is 4.79 Å². The second-order valence-electron chi connectivity index (χ2n) is 7.90. The number of rotatable bonds is 4. The lowest BCUT2D eigenvalue weighted by molar-refractivity contribution is 0.0962. The number of aliphatic hydroxyl groups excluding tert-OH is 1. The molecule has 146 valence electrons. The maximum absolute atomic E-state index is 13.0. The van der Waals surface area contributed by atoms with Crippen LogP contribution in [0.2, 0.25) is 0 Å². The van der Waals surface area contributed by atoms with Crippen LogP contribution >= 0.6 is 0 Å². The number of amides is 1. The third-order valence-electron chi connectivity index (χ3n) is 6.12. The number of hydrogen-bond acceptors (Lipinski definition) is 2. The molecule has 5 aromatic rings. The molecule has 0 saturated heterocycles. The number of carbonyl (C=O) groups is 1. The standard InChI is InChI=1S/C26H20N2O2/c29-18(15-27-22-12-3-1-9-19(22)20-10-2-4-13-23(20)27)16-28-24-14-6-8-17-7-5-11-21(25(17)24)26(28)30/h1-14,18,29H,15-16H2. The lowest BCUT2D eigenvalue weighted by Gasteiger charge is -2.22. The summed E-state index contributed by atoms with van der Waals surface area (Å²) >= 11 is 0. The minimum absolute atomic E-state index is 0.0388. The molecular weight excluding hydrogens is 372 g/mol. The van der Waals surface area contributed by atoms with Gasteiger partial charge in [0.25, 0.3) is 5.91 Å². The largest absolute Gasteiger partial charge is 0.389 e. The van der Waals surface area contributed by atoms with E-state index in [0.29, 0.717) is 12.1 Å². The lowest BCUT2D eigenvalue weighted by Crippen LogP contribution is -2.36. The summed E-state index contributed by atoms with van der Waals surface area (Å²) in [6, 6.07) is 28.3. The highest BCUT2D eigenvalue weighted by atomic mass is 16.3. The number of hydrogen-bond donors (Lipinski definition) is 1. The van der Waals surface area contributed by atoms with Crippen LogP contribution < -0.4 is 4.90 Å². The third-order valence-corrected chi connectivity index (χ3v) is 6.12. The molecule has 1 unspecified atom stereocenters. The van der Waals surface area contributed by atoms with Gasteiger partial charge in [-0.15, -0.1) is 0 Å². The Labute approximate surface area is 173 Å². The molecule has 1 atom stereocenters. The van der Waals surface area contributed by atoms with E-state index in [9.17, 15) is 9.90 Å². The Morgan fingerprint density at radius 1 is 0.733 bits per heavy atom. The van der Waals surface area contributed by atoms with Crippen molar-refractivity contribution in [2.45, 2.75) is 12.6 Å². The molecule has 4 heteroatoms. The molecule has 1 N–H and O–H groups in total. The van der Waals surface area contributed by atoms with Crippen LogP contribution in [0, 0.1) is 0 Å². The minimum atomic E-state index is -0.697. The van der Waals surface area contributed by atoms with Crippen molar-refractivity contribution < 1.29 is 9.90 Å². The molecule has 4 aromatic carbocycles. The Morgan fingerprint density at radius 3 is 2.07 bits per heavy atom. The lowest BCUT2D eigenvalue weighted by atomic mass is 10.1. The van der Waals surface area contributed by atoms with E-state index in [1.807, 2.05) is 60.7 Å². The van der Waals surface area contributed by atoms with Crippen molar-refractivity contribution in [1.82, 2.24) is 4.57 Å². The molecule has 0 saturated carbocycles. The number of fused-ring (bicyclic) bond motifs is 3. The summed E-state index contributed by atoms with van der Waals surface area (Å²) in [4.78, 5) is 14.8. The molecule has 1 amide bonds. The highest BCUT2D eigenvalue weighted by Crippen LogP contribution is 2.37. The van der Waals surface area contributed by atoms with Crippen molar-refractivity contribution >= 4 is 44.2 Å². The molecule has 1 aliphatic rings. The fraction of sp³-hybridized carbons (Fsp3) is 0.115. The van der Waals surface area contributed by atoms with Crippen LogP contribution in [-0.2, 0) is 6.54 Å². The first-order chi connectivity index (χ1) is 14.7. The van der Waals surface area contributed by atoms with Gasteiger partial charge < -0.3 is 14.6 Å². The maximum Gasteiger partial charge on any atom is 0.259 e. The van der Waals surface area contributed by atoms with E-state index in [0.717, 1.165) is 27.5 Å². The molecule has 1 aliphatic heterocycles. The van der Waals surface area contributed by atoms with Crippen molar-refractivity contribution in [2.24, 2.45) is 0 Å². The molecule has 6 rings (SSSR count). The molecule has 0 aliphatic carbocycles. The molecule has 0 bridgehead atoms. The summed E-state index contributed by atoms with van der Waals surface area (Å²) in [5.41, 5.74) is 3.79. The molecule has 4 nitrogen and oxygen atoms in total. The van der Waals surface area contributed by atoms with Crippen LogP contribution in [-0.4, -0.2) is 28.2 Å². The predicted octanol–water partition coefficient (Wildman–Crippen LogP) is 4.97. The zero-order valence-corrected chi connectivity index (χ0v) is 16.3. The van der Waals surface area contributed by atoms with E-state index in [-0.39, 0.29) is 12.5 Å². The quantitative estimate of drug-likeness (QED) is 0.469. The first kappa shape index (κ1) is 17.2. The minimum Gasteiger partial charge on any atom is -0.389 e. The summed E-state index contributed by atoms with van der Waals surface area (Å²) in [5.74, 6) is -0.0388. The summed E-state index contributed by atoms with van der Waals surface area (Å²) in [5, 5.41) is 15.4. The third kappa shape index (κ3) is 2.41. The summed E-state index contributed by atoms with van der Waals surface area (Å²) in [6.07, 6.45) is -0.697. The van der Waals surface area contributed by atoms with E-state index < -0.39 is 6.10 Å². The van der Waals surface area contributed by atoms with Crippen LogP contribution in [0.15, 0.2) is 84.9 Å². The Kier molecular flexibility index (Phi) is 3.70. The molecule has 1 aromatic heterocycles. The van der Waals surface area contributed by atoms with E-state index >= 15 is 0 Å². The van der Waals surface area contributed by atoms with Crippen LogP contribution in [0.3, 0.4) is 0 Å². The second-order valence-corrected chi connectivity index (χ2v) is 7.90. The van der Waals surface area contributed by atoms with Gasteiger partial charge in [0.1, 0.15) is 0 Å². The molecule has 0 radical (unpaired) electrons. The predicted molar refractivity (Wildman–Crippen MR) is 121 cm³/mol. The second kappa shape index (κ2) is 6.44. The van der Waals surface area contributed by atoms with Crippen LogP contribution in [0.5, 0.6) is 0 Å². The van der Waals surface area contributed by atoms with E-state index in [2.05, 4.69) is 28.8 Å². The molecular formula is C26H20N2O2. The van der Waals surface area contributed by atoms with Crippen LogP contribution in [0.1, 0.15) is 10.4 Å². The zero-order valence-electron chi connectivity index (χ0n) is 16.3. The fourth-order valence-corrected chi connectivity index (χ4v) is 4.84. The van der Waals surface area contributed by atoms with Crippen molar-refractivity contribution in [3.05, 3.63) is 90.5 Å². The molecule has 30 heavy (non-hydrogen) atoms. The van der Waals surface area contributed by atoms with Crippen LogP contribution in [0.4, 0.5) is 5.69 Å². The molecule has 0 fully saturated rings. The highest BCUT2D eigenvalue weighted by Gasteiger charge is 2.31. The van der Waals surface area contributed by atoms with Gasteiger partial charge in [-0.05, 0) is 29.7 Å². The number of anilines is 1. The number of para-hydroxylation sites is 2. The van der Waals surface area contributed by atoms with Crippen molar-refractivity contribution in [3.63, 3.8) is 0 Å². The van der Waals surface area contributed by atoms with E-state index in [1.54, 1.807) is 4.90 Å². The van der Waals surface area contributed by atoms with Crippen molar-refractivity contribution in [2.75, 3.05) is 11.4 Å². The number of β-amino-alcohol motifs (C(OH)–C–C–N with tert-alkyl or cyclic N) is 1. The average molecular weight is 392 g/mol. The Balaban J connectivity index is 1.37. The topological polar surface area (TPSA) is 45.5 Å². The fourth-order valence-electron chi connectivity index (χ4n) is 4.84. The van der Waals surface area contributed by atoms with E-state index in [1.165, 1.54) is 10.8 Å². The van der Waals surface area contributed by atoms with Gasteiger partial charge in [-0.2, -0.15) is 0 Å². The molecule has 0 spiro atoms. The Hall–Kier alpha value is -3.63. The number of carbonyl (C=O) groups excluding carboxylic acids is 1. The number of benzene rings is 4. The summed E-state index contributed by atoms with van der Waals surface area (Å²) in [6.45, 7) is 0.678. The smallest absolute Gasteiger partial charge is 0.259 e. The maximum atomic E-state index is 13.0. The van der Waals surface area contributed by atoms with Gasteiger partial charge in [-0.25, -0.2) is 0 Å². The first-order valence-corrected chi connectivity index (χ1v) is 10.2. The van der Waals surface area contributed by atoms with Crippen molar-refractivity contribution in [1.29, 1.82) is 0 Å². The number of aliphatic hydroxyl groups is 1. The summed E-state index contributed by atoms with van der Waals surface area (Å²) < 4.78 is 2.16. The van der Waals surface area contributed by atoms with Gasteiger partial charge in [0.05, 0.1) is 24.9 Å². The normalized spacial score (nSPS) is 14.3. The Morgan fingerprint density at radius 2 is 1.37 bits per heavy atom. The zero-order chi connectivity index (χ0) is 20.2. The number of aromatic nitrogens is 1. The Bertz CT molecular complexity index is 1390. The average Bonchev–Trinajstić information content (AvgIpc) is 3.24. The van der Waals surface area contributed by atoms with E-state index in [4.69, 9.17) is 0 Å². The number of nitrogens with zero attached hydrogens (tertiary/aromatic N) is 2. The van der Waals surface area contributed by atoms with Gasteiger partial charge in [-0.1, -0.05) is 60.7 Å². The van der Waals surface area contributed by atoms with Crippen molar-refractivity contribution in [3.8, 4) is 0 Å². The SMILES string of the molecule is O=C1c2cccc3cccc(c23)N1CC(O)Cn1c2ccccc2c2ccccc21. The first-order valence-electron chi connectivity index (χ1n) is 10.2. The monoisotopic (exact) mass is 392 g/mol. The summed E-state index contributed by atoms with van der Waals surface area (Å²) in [7, 11) is 0.